The fourth-order valence-corrected chi connectivity index (χ4v) is 2.44. The SMILES string of the molecule is COc1cccc([C@@H]2CC[C@@H](CO)C2)c1. The summed E-state index contributed by atoms with van der Waals surface area (Å²) in [6.07, 6.45) is 3.46. The Kier molecular flexibility index (Phi) is 3.27. The maximum Gasteiger partial charge on any atom is 0.119 e. The molecule has 0 saturated heterocycles. The zero-order valence-electron chi connectivity index (χ0n) is 9.15. The van der Waals surface area contributed by atoms with Gasteiger partial charge in [0, 0.05) is 6.61 Å². The minimum Gasteiger partial charge on any atom is -0.497 e. The van der Waals surface area contributed by atoms with Crippen LogP contribution in [0.3, 0.4) is 0 Å². The number of aliphatic hydroxyl groups is 1. The first-order valence-electron chi connectivity index (χ1n) is 5.58. The van der Waals surface area contributed by atoms with E-state index in [4.69, 9.17) is 9.84 Å². The molecule has 82 valence electrons. The van der Waals surface area contributed by atoms with Gasteiger partial charge in [-0.25, -0.2) is 0 Å². The van der Waals surface area contributed by atoms with Gasteiger partial charge in [-0.2, -0.15) is 0 Å². The van der Waals surface area contributed by atoms with Crippen molar-refractivity contribution >= 4 is 0 Å². The van der Waals surface area contributed by atoms with E-state index in [0.717, 1.165) is 18.6 Å². The van der Waals surface area contributed by atoms with E-state index in [9.17, 15) is 0 Å². The molecule has 1 aromatic rings. The second-order valence-electron chi connectivity index (χ2n) is 4.34. The van der Waals surface area contributed by atoms with Crippen LogP contribution in [0.4, 0.5) is 0 Å². The summed E-state index contributed by atoms with van der Waals surface area (Å²) in [6, 6.07) is 8.29. The summed E-state index contributed by atoms with van der Waals surface area (Å²) >= 11 is 0. The molecule has 2 heteroatoms. The van der Waals surface area contributed by atoms with Gasteiger partial charge in [0.15, 0.2) is 0 Å². The smallest absolute Gasteiger partial charge is 0.119 e. The molecule has 2 rings (SSSR count). The van der Waals surface area contributed by atoms with Crippen LogP contribution in [0.25, 0.3) is 0 Å². The predicted molar refractivity (Wildman–Crippen MR) is 60.2 cm³/mol. The third-order valence-electron chi connectivity index (χ3n) is 3.36. The molecule has 0 heterocycles. The van der Waals surface area contributed by atoms with Crippen LogP contribution in [0.1, 0.15) is 30.7 Å². The Morgan fingerprint density at radius 3 is 2.93 bits per heavy atom. The van der Waals surface area contributed by atoms with Gasteiger partial charge < -0.3 is 9.84 Å². The van der Waals surface area contributed by atoms with Crippen LogP contribution in [0.2, 0.25) is 0 Å². The van der Waals surface area contributed by atoms with Gasteiger partial charge >= 0.3 is 0 Å². The molecule has 0 spiro atoms. The second-order valence-corrected chi connectivity index (χ2v) is 4.34. The standard InChI is InChI=1S/C13H18O2/c1-15-13-4-2-3-11(8-13)12-6-5-10(7-12)9-14/h2-4,8,10,12,14H,5-7,9H2,1H3/t10-,12-/m1/s1. The summed E-state index contributed by atoms with van der Waals surface area (Å²) in [4.78, 5) is 0. The molecule has 0 unspecified atom stereocenters. The third kappa shape index (κ3) is 2.32. The Bertz CT molecular complexity index is 322. The first kappa shape index (κ1) is 10.5. The molecule has 0 radical (unpaired) electrons. The average molecular weight is 206 g/mol. The molecule has 1 aliphatic carbocycles. The Labute approximate surface area is 90.9 Å². The van der Waals surface area contributed by atoms with E-state index in [0.29, 0.717) is 18.4 Å². The van der Waals surface area contributed by atoms with Gasteiger partial charge in [-0.1, -0.05) is 12.1 Å². The van der Waals surface area contributed by atoms with E-state index in [1.54, 1.807) is 7.11 Å². The van der Waals surface area contributed by atoms with E-state index in [2.05, 4.69) is 12.1 Å². The summed E-state index contributed by atoms with van der Waals surface area (Å²) in [7, 11) is 1.70. The van der Waals surface area contributed by atoms with Crippen LogP contribution in [0, 0.1) is 5.92 Å². The van der Waals surface area contributed by atoms with Crippen molar-refractivity contribution in [3.8, 4) is 5.75 Å². The molecule has 0 aliphatic heterocycles. The second kappa shape index (κ2) is 4.67. The lowest BCUT2D eigenvalue weighted by Gasteiger charge is -2.11. The zero-order valence-corrected chi connectivity index (χ0v) is 9.15. The van der Waals surface area contributed by atoms with Crippen LogP contribution >= 0.6 is 0 Å². The fourth-order valence-electron chi connectivity index (χ4n) is 2.44. The van der Waals surface area contributed by atoms with Crippen LogP contribution in [0.5, 0.6) is 5.75 Å². The van der Waals surface area contributed by atoms with Gasteiger partial charge in [0.05, 0.1) is 7.11 Å². The number of hydrogen-bond donors (Lipinski definition) is 1. The lowest BCUT2D eigenvalue weighted by Crippen LogP contribution is -2.00. The fraction of sp³-hybridized carbons (Fsp3) is 0.538. The number of benzene rings is 1. The van der Waals surface area contributed by atoms with Gasteiger partial charge in [-0.3, -0.25) is 0 Å². The van der Waals surface area contributed by atoms with E-state index < -0.39 is 0 Å². The van der Waals surface area contributed by atoms with Crippen molar-refractivity contribution in [1.82, 2.24) is 0 Å². The molecule has 1 aliphatic rings. The summed E-state index contributed by atoms with van der Waals surface area (Å²) in [6.45, 7) is 0.334. The van der Waals surface area contributed by atoms with Gasteiger partial charge in [0.25, 0.3) is 0 Å². The summed E-state index contributed by atoms with van der Waals surface area (Å²) in [5, 5.41) is 9.11. The monoisotopic (exact) mass is 206 g/mol. The highest BCUT2D eigenvalue weighted by atomic mass is 16.5. The van der Waals surface area contributed by atoms with Gasteiger partial charge in [-0.05, 0) is 48.8 Å². The summed E-state index contributed by atoms with van der Waals surface area (Å²) in [5.74, 6) is 2.04. The number of methoxy groups -OCH3 is 1. The summed E-state index contributed by atoms with van der Waals surface area (Å²) < 4.78 is 5.22. The van der Waals surface area contributed by atoms with Crippen LogP contribution in [0.15, 0.2) is 24.3 Å². The quantitative estimate of drug-likeness (QED) is 0.823. The molecule has 1 aromatic carbocycles. The highest BCUT2D eigenvalue weighted by molar-refractivity contribution is 5.31. The van der Waals surface area contributed by atoms with Crippen molar-refractivity contribution < 1.29 is 9.84 Å². The molecule has 0 bridgehead atoms. The molecule has 2 nitrogen and oxygen atoms in total. The van der Waals surface area contributed by atoms with Crippen LogP contribution in [-0.2, 0) is 0 Å². The molecule has 0 amide bonds. The Hall–Kier alpha value is -1.02. The molecule has 1 N–H and O–H groups in total. The van der Waals surface area contributed by atoms with Crippen molar-refractivity contribution in [2.45, 2.75) is 25.2 Å². The lowest BCUT2D eigenvalue weighted by molar-refractivity contribution is 0.229. The van der Waals surface area contributed by atoms with Crippen molar-refractivity contribution in [3.63, 3.8) is 0 Å². The van der Waals surface area contributed by atoms with Gasteiger partial charge in [-0.15, -0.1) is 0 Å². The normalized spacial score (nSPS) is 25.5. The number of aliphatic hydroxyl groups excluding tert-OH is 1. The van der Waals surface area contributed by atoms with E-state index >= 15 is 0 Å². The Morgan fingerprint density at radius 2 is 2.27 bits per heavy atom. The largest absolute Gasteiger partial charge is 0.497 e. The van der Waals surface area contributed by atoms with Gasteiger partial charge in [0.2, 0.25) is 0 Å². The minimum atomic E-state index is 0.334. The van der Waals surface area contributed by atoms with Crippen molar-refractivity contribution in [2.24, 2.45) is 5.92 Å². The minimum absolute atomic E-state index is 0.334. The topological polar surface area (TPSA) is 29.5 Å². The third-order valence-corrected chi connectivity index (χ3v) is 3.36. The lowest BCUT2D eigenvalue weighted by atomic mass is 9.96. The summed E-state index contributed by atoms with van der Waals surface area (Å²) in [5.41, 5.74) is 1.35. The molecule has 0 aromatic heterocycles. The number of hydrogen-bond acceptors (Lipinski definition) is 2. The van der Waals surface area contributed by atoms with E-state index in [-0.39, 0.29) is 0 Å². The number of ether oxygens (including phenoxy) is 1. The van der Waals surface area contributed by atoms with Gasteiger partial charge in [0.1, 0.15) is 5.75 Å². The average Bonchev–Trinajstić information content (AvgIpc) is 2.78. The van der Waals surface area contributed by atoms with Crippen LogP contribution in [-0.4, -0.2) is 18.8 Å². The van der Waals surface area contributed by atoms with Crippen LogP contribution < -0.4 is 4.74 Å². The molecular weight excluding hydrogens is 188 g/mol. The van der Waals surface area contributed by atoms with E-state index in [1.807, 2.05) is 12.1 Å². The predicted octanol–water partition coefficient (Wildman–Crippen LogP) is 2.57. The van der Waals surface area contributed by atoms with Crippen molar-refractivity contribution in [2.75, 3.05) is 13.7 Å². The first-order valence-corrected chi connectivity index (χ1v) is 5.58. The molecule has 1 fully saturated rings. The Balaban J connectivity index is 2.09. The molecule has 2 atom stereocenters. The molecular formula is C13H18O2. The maximum atomic E-state index is 9.11. The van der Waals surface area contributed by atoms with E-state index in [1.165, 1.54) is 12.0 Å². The number of rotatable bonds is 3. The maximum absolute atomic E-state index is 9.11. The van der Waals surface area contributed by atoms with Crippen molar-refractivity contribution in [1.29, 1.82) is 0 Å². The molecule has 1 saturated carbocycles. The highest BCUT2D eigenvalue weighted by Gasteiger charge is 2.25. The van der Waals surface area contributed by atoms with Crippen molar-refractivity contribution in [3.05, 3.63) is 29.8 Å². The zero-order chi connectivity index (χ0) is 10.7. The first-order chi connectivity index (χ1) is 7.33. The Morgan fingerprint density at radius 1 is 1.40 bits per heavy atom. The molecule has 15 heavy (non-hydrogen) atoms. The highest BCUT2D eigenvalue weighted by Crippen LogP contribution is 2.38.